The summed E-state index contributed by atoms with van der Waals surface area (Å²) in [4.78, 5) is 27.0. The van der Waals surface area contributed by atoms with Crippen molar-refractivity contribution in [2.45, 2.75) is 39.8 Å². The van der Waals surface area contributed by atoms with E-state index in [0.717, 1.165) is 10.5 Å². The highest BCUT2D eigenvalue weighted by molar-refractivity contribution is 6.31. The van der Waals surface area contributed by atoms with E-state index in [1.54, 1.807) is 44.2 Å². The van der Waals surface area contributed by atoms with Gasteiger partial charge < -0.3 is 9.47 Å². The van der Waals surface area contributed by atoms with Gasteiger partial charge in [0.25, 0.3) is 11.8 Å². The van der Waals surface area contributed by atoms with E-state index >= 15 is 0 Å². The van der Waals surface area contributed by atoms with Crippen LogP contribution < -0.4 is 9.47 Å². The second-order valence-electron chi connectivity index (χ2n) is 7.70. The molecule has 0 bridgehead atoms. The summed E-state index contributed by atoms with van der Waals surface area (Å²) in [6, 6.07) is 14.3. The number of methoxy groups -OCH3 is 1. The van der Waals surface area contributed by atoms with E-state index < -0.39 is 11.8 Å². The molecule has 170 valence electrons. The quantitative estimate of drug-likeness (QED) is 0.409. The van der Waals surface area contributed by atoms with Crippen molar-refractivity contribution >= 4 is 29.5 Å². The van der Waals surface area contributed by atoms with E-state index in [1.165, 1.54) is 7.11 Å². The molecule has 0 radical (unpaired) electrons. The van der Waals surface area contributed by atoms with Gasteiger partial charge in [0.2, 0.25) is 0 Å². The summed E-state index contributed by atoms with van der Waals surface area (Å²) in [6.07, 6.45) is 2.25. The van der Waals surface area contributed by atoms with Gasteiger partial charge in [-0.25, -0.2) is 0 Å². The molecule has 0 N–H and O–H groups in total. The van der Waals surface area contributed by atoms with E-state index in [2.05, 4.69) is 0 Å². The lowest BCUT2D eigenvalue weighted by atomic mass is 9.92. The van der Waals surface area contributed by atoms with Crippen LogP contribution in [0.3, 0.4) is 0 Å². The summed E-state index contributed by atoms with van der Waals surface area (Å²) >= 11 is 6.20. The summed E-state index contributed by atoms with van der Waals surface area (Å²) < 4.78 is 11.4. The molecule has 3 rings (SSSR count). The molecule has 2 amide bonds. The Kier molecular flexibility index (Phi) is 7.57. The Morgan fingerprint density at radius 1 is 1.15 bits per heavy atom. The van der Waals surface area contributed by atoms with Gasteiger partial charge in [-0.15, -0.1) is 0 Å². The van der Waals surface area contributed by atoms with Gasteiger partial charge in [0, 0.05) is 22.2 Å². The van der Waals surface area contributed by atoms with E-state index in [1.807, 2.05) is 31.2 Å². The topological polar surface area (TPSA) is 79.6 Å². The fourth-order valence-corrected chi connectivity index (χ4v) is 3.70. The zero-order chi connectivity index (χ0) is 24.1. The lowest BCUT2D eigenvalue weighted by Gasteiger charge is -2.31. The van der Waals surface area contributed by atoms with Crippen LogP contribution in [0.15, 0.2) is 59.2 Å². The number of nitrogens with zero attached hydrogens (tertiary/aromatic N) is 2. The highest BCUT2D eigenvalue weighted by Gasteiger charge is 2.37. The van der Waals surface area contributed by atoms with Gasteiger partial charge >= 0.3 is 0 Å². The minimum atomic E-state index is -0.549. The summed E-state index contributed by atoms with van der Waals surface area (Å²) in [5.74, 6) is 0.0452. The molecule has 33 heavy (non-hydrogen) atoms. The first-order chi connectivity index (χ1) is 15.8. The molecule has 1 heterocycles. The third-order valence-corrected chi connectivity index (χ3v) is 6.01. The first kappa shape index (κ1) is 24.1. The summed E-state index contributed by atoms with van der Waals surface area (Å²) in [6.45, 7) is 5.57. The van der Waals surface area contributed by atoms with Crippen LogP contribution in [-0.4, -0.2) is 29.9 Å². The van der Waals surface area contributed by atoms with Crippen molar-refractivity contribution in [2.24, 2.45) is 0 Å². The van der Waals surface area contributed by atoms with E-state index in [0.29, 0.717) is 39.7 Å². The number of halogens is 1. The van der Waals surface area contributed by atoms with Crippen molar-refractivity contribution in [3.8, 4) is 17.6 Å². The van der Waals surface area contributed by atoms with Gasteiger partial charge in [0.1, 0.15) is 18.2 Å². The number of nitriles is 1. The maximum absolute atomic E-state index is 13.2. The zero-order valence-electron chi connectivity index (χ0n) is 19.0. The molecular formula is C26H25ClN2O4. The SMILES string of the molecule is CCC(C)N1C(=O)C(C#N)=C(C)/C(=C\c2ccc(OCc3ccccc3Cl)c(OC)c2)C1=O. The standard InChI is InChI=1S/C26H25ClN2O4/c1-5-16(2)29-25(30)20(17(3)21(14-28)26(29)31)12-18-10-11-23(24(13-18)32-4)33-15-19-8-6-7-9-22(19)27/h6-13,16H,5,15H2,1-4H3/b20-12+. The molecule has 2 aromatic carbocycles. The summed E-state index contributed by atoms with van der Waals surface area (Å²) in [5, 5.41) is 10.1. The molecule has 1 aliphatic rings. The van der Waals surface area contributed by atoms with Crippen LogP contribution in [0.5, 0.6) is 11.5 Å². The lowest BCUT2D eigenvalue weighted by molar-refractivity contribution is -0.142. The molecule has 0 aliphatic carbocycles. The average Bonchev–Trinajstić information content (AvgIpc) is 2.81. The molecule has 0 spiro atoms. The van der Waals surface area contributed by atoms with E-state index in [-0.39, 0.29) is 18.2 Å². The first-order valence-electron chi connectivity index (χ1n) is 10.6. The third kappa shape index (κ3) is 4.94. The number of amides is 2. The Morgan fingerprint density at radius 3 is 2.52 bits per heavy atom. The molecule has 7 heteroatoms. The van der Waals surface area contributed by atoms with Crippen molar-refractivity contribution in [1.82, 2.24) is 4.90 Å². The fourth-order valence-electron chi connectivity index (χ4n) is 3.51. The van der Waals surface area contributed by atoms with Gasteiger partial charge in [-0.2, -0.15) is 5.26 Å². The highest BCUT2D eigenvalue weighted by atomic mass is 35.5. The van der Waals surface area contributed by atoms with Crippen LogP contribution in [0.2, 0.25) is 5.02 Å². The normalized spacial score (nSPS) is 16.1. The maximum Gasteiger partial charge on any atom is 0.271 e. The van der Waals surface area contributed by atoms with Crippen molar-refractivity contribution in [1.29, 1.82) is 5.26 Å². The smallest absolute Gasteiger partial charge is 0.271 e. The molecule has 6 nitrogen and oxygen atoms in total. The predicted octanol–water partition coefficient (Wildman–Crippen LogP) is 5.32. The monoisotopic (exact) mass is 464 g/mol. The number of ether oxygens (including phenoxy) is 2. The van der Waals surface area contributed by atoms with Crippen LogP contribution in [0.4, 0.5) is 0 Å². The van der Waals surface area contributed by atoms with Crippen molar-refractivity contribution in [3.05, 3.63) is 75.3 Å². The van der Waals surface area contributed by atoms with Crippen LogP contribution in [0.25, 0.3) is 6.08 Å². The summed E-state index contributed by atoms with van der Waals surface area (Å²) in [7, 11) is 1.53. The van der Waals surface area contributed by atoms with Gasteiger partial charge in [-0.05, 0) is 55.7 Å². The second kappa shape index (κ2) is 10.4. The molecule has 1 atom stereocenters. The number of benzene rings is 2. The van der Waals surface area contributed by atoms with Gasteiger partial charge in [0.15, 0.2) is 11.5 Å². The van der Waals surface area contributed by atoms with E-state index in [9.17, 15) is 14.9 Å². The molecule has 1 aliphatic heterocycles. The second-order valence-corrected chi connectivity index (χ2v) is 8.10. The first-order valence-corrected chi connectivity index (χ1v) is 10.9. The number of imide groups is 1. The Balaban J connectivity index is 1.95. The largest absolute Gasteiger partial charge is 0.493 e. The number of hydrogen-bond donors (Lipinski definition) is 0. The van der Waals surface area contributed by atoms with Crippen LogP contribution in [0.1, 0.15) is 38.3 Å². The molecule has 2 aromatic rings. The molecule has 0 aromatic heterocycles. The minimum absolute atomic E-state index is 0.0205. The molecule has 1 unspecified atom stereocenters. The number of rotatable bonds is 7. The average molecular weight is 465 g/mol. The Morgan fingerprint density at radius 2 is 1.88 bits per heavy atom. The highest BCUT2D eigenvalue weighted by Crippen LogP contribution is 2.33. The number of hydrogen-bond acceptors (Lipinski definition) is 5. The van der Waals surface area contributed by atoms with Gasteiger partial charge in [-0.1, -0.05) is 42.8 Å². The van der Waals surface area contributed by atoms with Crippen LogP contribution >= 0.6 is 11.6 Å². The van der Waals surface area contributed by atoms with Gasteiger partial charge in [-0.3, -0.25) is 14.5 Å². The zero-order valence-corrected chi connectivity index (χ0v) is 19.8. The minimum Gasteiger partial charge on any atom is -0.493 e. The van der Waals surface area contributed by atoms with Crippen LogP contribution in [0, 0.1) is 11.3 Å². The molecule has 0 fully saturated rings. The Bertz CT molecular complexity index is 1190. The fraction of sp³-hybridized carbons (Fsp3) is 0.269. The van der Waals surface area contributed by atoms with Crippen LogP contribution in [-0.2, 0) is 16.2 Å². The van der Waals surface area contributed by atoms with Crippen molar-refractivity contribution < 1.29 is 19.1 Å². The predicted molar refractivity (Wildman–Crippen MR) is 127 cm³/mol. The molecule has 0 saturated heterocycles. The Hall–Kier alpha value is -3.56. The van der Waals surface area contributed by atoms with Crippen molar-refractivity contribution in [3.63, 3.8) is 0 Å². The maximum atomic E-state index is 13.2. The summed E-state index contributed by atoms with van der Waals surface area (Å²) in [5.41, 5.74) is 2.17. The molecule has 0 saturated carbocycles. The number of carbonyl (C=O) groups excluding carboxylic acids is 2. The van der Waals surface area contributed by atoms with E-state index in [4.69, 9.17) is 21.1 Å². The van der Waals surface area contributed by atoms with Crippen molar-refractivity contribution in [2.75, 3.05) is 7.11 Å². The third-order valence-electron chi connectivity index (χ3n) is 5.64. The van der Waals surface area contributed by atoms with Gasteiger partial charge in [0.05, 0.1) is 7.11 Å². The number of carbonyl (C=O) groups is 2. The Labute approximate surface area is 198 Å². The lowest BCUT2D eigenvalue weighted by Crippen LogP contribution is -2.47. The molecular weight excluding hydrogens is 440 g/mol.